The molecule has 0 saturated carbocycles. The summed E-state index contributed by atoms with van der Waals surface area (Å²) in [5, 5.41) is 15.2. The topological polar surface area (TPSA) is 85.3 Å². The highest BCUT2D eigenvalue weighted by Crippen LogP contribution is 2.33. The zero-order valence-corrected chi connectivity index (χ0v) is 18.7. The molecule has 2 fully saturated rings. The first-order valence-corrected chi connectivity index (χ1v) is 11.2. The second-order valence-electron chi connectivity index (χ2n) is 8.34. The summed E-state index contributed by atoms with van der Waals surface area (Å²) in [7, 11) is 0. The first-order chi connectivity index (χ1) is 16.5. The lowest BCUT2D eigenvalue weighted by Crippen LogP contribution is -2.59. The molecule has 2 aliphatic heterocycles. The Bertz CT molecular complexity index is 1290. The van der Waals surface area contributed by atoms with Crippen molar-refractivity contribution in [1.29, 1.82) is 5.26 Å². The summed E-state index contributed by atoms with van der Waals surface area (Å²) in [6, 6.07) is 11.3. The monoisotopic (exact) mass is 483 g/mol. The largest absolute Gasteiger partial charge is 0.370 e. The van der Waals surface area contributed by atoms with Crippen LogP contribution in [0.1, 0.15) is 27.6 Å². The Labute approximate surface area is 199 Å². The average Bonchev–Trinajstić information content (AvgIpc) is 3.29. The van der Waals surface area contributed by atoms with E-state index in [9.17, 15) is 13.6 Å². The van der Waals surface area contributed by atoms with Crippen molar-refractivity contribution in [3.05, 3.63) is 76.1 Å². The molecule has 7 nitrogen and oxygen atoms in total. The number of hydrogen-bond donors (Lipinski definition) is 1. The molecule has 0 spiro atoms. The molecular formula is C24H20ClF2N5O2. The van der Waals surface area contributed by atoms with Crippen LogP contribution >= 0.6 is 11.6 Å². The van der Waals surface area contributed by atoms with E-state index in [1.54, 1.807) is 29.2 Å². The van der Waals surface area contributed by atoms with Gasteiger partial charge in [-0.1, -0.05) is 29.8 Å². The number of H-pyrrole nitrogens is 1. The Hall–Kier alpha value is -3.32. The maximum absolute atomic E-state index is 14.0. The van der Waals surface area contributed by atoms with Crippen molar-refractivity contribution >= 4 is 17.5 Å². The van der Waals surface area contributed by atoms with Crippen LogP contribution in [0.5, 0.6) is 0 Å². The van der Waals surface area contributed by atoms with Crippen molar-refractivity contribution in [3.8, 4) is 17.2 Å². The van der Waals surface area contributed by atoms with Gasteiger partial charge in [0.05, 0.1) is 46.7 Å². The number of halogens is 3. The number of carbonyl (C=O) groups is 1. The minimum Gasteiger partial charge on any atom is -0.370 e. The SMILES string of the molecule is N#Cc1cc(C2CN3CCN(C(=O)c4cccc(-c5cn[nH]c5F)c4Cl)C[C@H]3CO2)ccc1F. The Morgan fingerprint density at radius 3 is 2.82 bits per heavy atom. The van der Waals surface area contributed by atoms with Gasteiger partial charge in [0.25, 0.3) is 5.91 Å². The van der Waals surface area contributed by atoms with E-state index >= 15 is 0 Å². The number of hydrogen-bond acceptors (Lipinski definition) is 5. The first-order valence-electron chi connectivity index (χ1n) is 10.8. The summed E-state index contributed by atoms with van der Waals surface area (Å²) in [6.45, 7) is 2.56. The van der Waals surface area contributed by atoms with Crippen LogP contribution in [0.4, 0.5) is 8.78 Å². The smallest absolute Gasteiger partial charge is 0.255 e. The molecule has 2 aliphatic rings. The van der Waals surface area contributed by atoms with Gasteiger partial charge < -0.3 is 9.64 Å². The van der Waals surface area contributed by atoms with Crippen LogP contribution in [0.25, 0.3) is 11.1 Å². The number of amides is 1. The van der Waals surface area contributed by atoms with Gasteiger partial charge in [0.2, 0.25) is 5.95 Å². The van der Waals surface area contributed by atoms with E-state index in [0.717, 1.165) is 5.56 Å². The van der Waals surface area contributed by atoms with Gasteiger partial charge in [-0.15, -0.1) is 0 Å². The maximum atomic E-state index is 14.0. The molecule has 174 valence electrons. The number of ether oxygens (including phenoxy) is 1. The molecule has 1 N–H and O–H groups in total. The number of nitrogens with zero attached hydrogens (tertiary/aromatic N) is 4. The van der Waals surface area contributed by atoms with Crippen LogP contribution in [0, 0.1) is 23.1 Å². The number of rotatable bonds is 3. The maximum Gasteiger partial charge on any atom is 0.255 e. The summed E-state index contributed by atoms with van der Waals surface area (Å²) in [5.74, 6) is -1.39. The quantitative estimate of drug-likeness (QED) is 0.613. The number of nitriles is 1. The highest BCUT2D eigenvalue weighted by atomic mass is 35.5. The third-order valence-corrected chi connectivity index (χ3v) is 6.78. The summed E-state index contributed by atoms with van der Waals surface area (Å²) in [5.41, 5.74) is 1.66. The number of fused-ring (bicyclic) bond motifs is 1. The van der Waals surface area contributed by atoms with Crippen molar-refractivity contribution in [3.63, 3.8) is 0 Å². The molecule has 2 aromatic carbocycles. The fraction of sp³-hybridized carbons (Fsp3) is 0.292. The Kier molecular flexibility index (Phi) is 6.04. The number of aromatic amines is 1. The van der Waals surface area contributed by atoms with Crippen molar-refractivity contribution < 1.29 is 18.3 Å². The van der Waals surface area contributed by atoms with Crippen LogP contribution < -0.4 is 0 Å². The van der Waals surface area contributed by atoms with E-state index in [2.05, 4.69) is 15.1 Å². The van der Waals surface area contributed by atoms with Crippen molar-refractivity contribution in [2.45, 2.75) is 12.1 Å². The zero-order chi connectivity index (χ0) is 23.8. The number of aromatic nitrogens is 2. The molecule has 0 aliphatic carbocycles. The van der Waals surface area contributed by atoms with E-state index in [1.165, 1.54) is 18.3 Å². The predicted molar refractivity (Wildman–Crippen MR) is 120 cm³/mol. The van der Waals surface area contributed by atoms with Crippen LogP contribution in [0.15, 0.2) is 42.6 Å². The molecule has 5 rings (SSSR count). The number of morpholine rings is 1. The van der Waals surface area contributed by atoms with Crippen molar-refractivity contribution in [2.24, 2.45) is 0 Å². The van der Waals surface area contributed by atoms with Crippen LogP contribution in [-0.2, 0) is 4.74 Å². The standard InChI is InChI=1S/C24H20ClF2N5O2/c25-22-17(19-10-29-30-23(19)27)2-1-3-18(22)24(33)32-7-6-31-12-21(34-13-16(31)11-32)14-4-5-20(26)15(8-14)9-28/h1-5,8,10,16,21H,6-7,11-13H2,(H,29,30)/t16-,21?/m0/s1. The molecule has 10 heteroatoms. The van der Waals surface area contributed by atoms with Gasteiger partial charge in [-0.05, 0) is 23.8 Å². The predicted octanol–water partition coefficient (Wildman–Crippen LogP) is 3.78. The van der Waals surface area contributed by atoms with Crippen LogP contribution in [-0.4, -0.2) is 64.7 Å². The number of piperazine rings is 1. The normalized spacial score (nSPS) is 20.6. The van der Waals surface area contributed by atoms with Crippen LogP contribution in [0.3, 0.4) is 0 Å². The van der Waals surface area contributed by atoms with Gasteiger partial charge in [-0.3, -0.25) is 14.8 Å². The second kappa shape index (κ2) is 9.14. The first kappa shape index (κ1) is 22.5. The zero-order valence-electron chi connectivity index (χ0n) is 18.0. The van der Waals surface area contributed by atoms with E-state index in [4.69, 9.17) is 21.6 Å². The second-order valence-corrected chi connectivity index (χ2v) is 8.72. The summed E-state index contributed by atoms with van der Waals surface area (Å²) in [6.07, 6.45) is 1.06. The summed E-state index contributed by atoms with van der Waals surface area (Å²) in [4.78, 5) is 17.3. The van der Waals surface area contributed by atoms with E-state index < -0.39 is 11.8 Å². The third kappa shape index (κ3) is 4.05. The molecule has 2 saturated heterocycles. The van der Waals surface area contributed by atoms with Crippen molar-refractivity contribution in [1.82, 2.24) is 20.0 Å². The lowest BCUT2D eigenvalue weighted by atomic mass is 10.0. The Morgan fingerprint density at radius 1 is 1.21 bits per heavy atom. The number of carbonyl (C=O) groups excluding carboxylic acids is 1. The minimum atomic E-state index is -0.614. The van der Waals surface area contributed by atoms with Gasteiger partial charge in [-0.25, -0.2) is 4.39 Å². The Morgan fingerprint density at radius 2 is 2.06 bits per heavy atom. The highest BCUT2D eigenvalue weighted by molar-refractivity contribution is 6.36. The van der Waals surface area contributed by atoms with Gasteiger partial charge in [-0.2, -0.15) is 14.8 Å². The third-order valence-electron chi connectivity index (χ3n) is 6.38. The fourth-order valence-electron chi connectivity index (χ4n) is 4.53. The van der Waals surface area contributed by atoms with Gasteiger partial charge in [0.15, 0.2) is 0 Å². The molecule has 0 radical (unpaired) electrons. The van der Waals surface area contributed by atoms with E-state index in [-0.39, 0.29) is 34.2 Å². The summed E-state index contributed by atoms with van der Waals surface area (Å²) >= 11 is 6.51. The molecule has 1 aromatic heterocycles. The highest BCUT2D eigenvalue weighted by Gasteiger charge is 2.36. The molecule has 3 aromatic rings. The van der Waals surface area contributed by atoms with E-state index in [1.807, 2.05) is 6.07 Å². The fourth-order valence-corrected chi connectivity index (χ4v) is 4.84. The molecule has 0 bridgehead atoms. The van der Waals surface area contributed by atoms with E-state index in [0.29, 0.717) is 43.9 Å². The number of benzene rings is 2. The molecule has 1 amide bonds. The van der Waals surface area contributed by atoms with Gasteiger partial charge in [0, 0.05) is 31.7 Å². The Balaban J connectivity index is 1.29. The minimum absolute atomic E-state index is 0.00175. The summed E-state index contributed by atoms with van der Waals surface area (Å²) < 4.78 is 33.7. The van der Waals surface area contributed by atoms with Crippen molar-refractivity contribution in [2.75, 3.05) is 32.8 Å². The molecular weight excluding hydrogens is 464 g/mol. The van der Waals surface area contributed by atoms with Gasteiger partial charge in [0.1, 0.15) is 11.9 Å². The molecule has 3 heterocycles. The number of nitrogens with one attached hydrogen (secondary N) is 1. The lowest BCUT2D eigenvalue weighted by molar-refractivity contribution is -0.0858. The average molecular weight is 484 g/mol. The molecule has 2 atom stereocenters. The lowest BCUT2D eigenvalue weighted by Gasteiger charge is -2.46. The molecule has 1 unspecified atom stereocenters. The van der Waals surface area contributed by atoms with Crippen LogP contribution in [0.2, 0.25) is 5.02 Å². The molecule has 34 heavy (non-hydrogen) atoms. The van der Waals surface area contributed by atoms with Gasteiger partial charge >= 0.3 is 0 Å².